The van der Waals surface area contributed by atoms with Crippen molar-refractivity contribution >= 4 is 5.78 Å². The van der Waals surface area contributed by atoms with Gasteiger partial charge in [-0.3, -0.25) is 4.79 Å². The molecule has 102 valence electrons. The Morgan fingerprint density at radius 1 is 1.26 bits per heavy atom. The predicted octanol–water partition coefficient (Wildman–Crippen LogP) is 3.99. The number of hydrogen-bond acceptors (Lipinski definition) is 3. The van der Waals surface area contributed by atoms with Crippen LogP contribution in [0, 0.1) is 17.2 Å². The van der Waals surface area contributed by atoms with Gasteiger partial charge < -0.3 is 4.74 Å². The number of nitrogens with zero attached hydrogens (tertiary/aromatic N) is 1. The zero-order valence-corrected chi connectivity index (χ0v) is 11.7. The maximum Gasteiger partial charge on any atom is 0.179 e. The normalized spacial score (nSPS) is 11.6. The summed E-state index contributed by atoms with van der Waals surface area (Å²) >= 11 is 0. The molecule has 0 aliphatic carbocycles. The average molecular weight is 259 g/mol. The molecular weight excluding hydrogens is 238 g/mol. The van der Waals surface area contributed by atoms with Crippen molar-refractivity contribution < 1.29 is 9.53 Å². The van der Waals surface area contributed by atoms with Gasteiger partial charge in [0.05, 0.1) is 12.7 Å². The van der Waals surface area contributed by atoms with Crippen molar-refractivity contribution in [2.45, 2.75) is 39.5 Å². The van der Waals surface area contributed by atoms with Gasteiger partial charge in [-0.05, 0) is 37.1 Å². The molecule has 1 aromatic rings. The van der Waals surface area contributed by atoms with E-state index >= 15 is 0 Å². The highest BCUT2D eigenvalue weighted by Crippen LogP contribution is 2.17. The van der Waals surface area contributed by atoms with E-state index in [2.05, 4.69) is 13.0 Å². The van der Waals surface area contributed by atoms with Crippen LogP contribution >= 0.6 is 0 Å². The van der Waals surface area contributed by atoms with Crippen molar-refractivity contribution in [1.82, 2.24) is 0 Å². The van der Waals surface area contributed by atoms with Crippen LogP contribution in [-0.2, 0) is 0 Å². The standard InChI is InChI=1S/C16H21NO2/c1-3-5-11-19-15-9-7-13(8-10-15)16(18)14(12-17)6-4-2/h7-10,14H,3-6,11H2,1-2H3. The van der Waals surface area contributed by atoms with Crippen molar-refractivity contribution in [2.75, 3.05) is 6.61 Å². The number of Topliss-reactive ketones (excluding diaryl/α,β-unsaturated/α-hetero) is 1. The van der Waals surface area contributed by atoms with E-state index in [9.17, 15) is 4.79 Å². The van der Waals surface area contributed by atoms with Crippen molar-refractivity contribution in [3.05, 3.63) is 29.8 Å². The molecule has 0 heterocycles. The minimum atomic E-state index is -0.531. The van der Waals surface area contributed by atoms with E-state index < -0.39 is 5.92 Å². The van der Waals surface area contributed by atoms with Crippen molar-refractivity contribution in [3.8, 4) is 11.8 Å². The van der Waals surface area contributed by atoms with Gasteiger partial charge in [-0.25, -0.2) is 0 Å². The minimum Gasteiger partial charge on any atom is -0.494 e. The lowest BCUT2D eigenvalue weighted by atomic mass is 9.95. The molecular formula is C16H21NO2. The van der Waals surface area contributed by atoms with Crippen LogP contribution in [0.15, 0.2) is 24.3 Å². The molecule has 0 bridgehead atoms. The number of carbonyl (C=O) groups is 1. The topological polar surface area (TPSA) is 50.1 Å². The lowest BCUT2D eigenvalue weighted by Crippen LogP contribution is -2.12. The minimum absolute atomic E-state index is 0.0931. The van der Waals surface area contributed by atoms with Gasteiger partial charge in [-0.1, -0.05) is 26.7 Å². The molecule has 1 rings (SSSR count). The van der Waals surface area contributed by atoms with Gasteiger partial charge in [-0.15, -0.1) is 0 Å². The van der Waals surface area contributed by atoms with Gasteiger partial charge in [-0.2, -0.15) is 5.26 Å². The average Bonchev–Trinajstić information content (AvgIpc) is 2.45. The van der Waals surface area contributed by atoms with Gasteiger partial charge in [0.15, 0.2) is 5.78 Å². The number of hydrogen-bond donors (Lipinski definition) is 0. The molecule has 1 atom stereocenters. The van der Waals surface area contributed by atoms with E-state index in [1.54, 1.807) is 24.3 Å². The van der Waals surface area contributed by atoms with Crippen LogP contribution in [0.25, 0.3) is 0 Å². The molecule has 0 radical (unpaired) electrons. The summed E-state index contributed by atoms with van der Waals surface area (Å²) in [6.07, 6.45) is 3.57. The molecule has 3 heteroatoms. The summed E-state index contributed by atoms with van der Waals surface area (Å²) in [5.74, 6) is 0.148. The first-order valence-corrected chi connectivity index (χ1v) is 6.89. The molecule has 0 spiro atoms. The predicted molar refractivity (Wildman–Crippen MR) is 75.2 cm³/mol. The number of ether oxygens (including phenoxy) is 1. The van der Waals surface area contributed by atoms with Crippen LogP contribution in [0.1, 0.15) is 49.9 Å². The maximum absolute atomic E-state index is 12.1. The monoisotopic (exact) mass is 259 g/mol. The van der Waals surface area contributed by atoms with E-state index in [1.807, 2.05) is 6.92 Å². The van der Waals surface area contributed by atoms with E-state index in [4.69, 9.17) is 10.00 Å². The molecule has 0 amide bonds. The molecule has 0 aliphatic rings. The fraction of sp³-hybridized carbons (Fsp3) is 0.500. The van der Waals surface area contributed by atoms with Crippen LogP contribution in [-0.4, -0.2) is 12.4 Å². The second kappa shape index (κ2) is 8.31. The number of benzene rings is 1. The summed E-state index contributed by atoms with van der Waals surface area (Å²) in [6.45, 7) is 4.78. The van der Waals surface area contributed by atoms with Crippen LogP contribution in [0.5, 0.6) is 5.75 Å². The molecule has 0 saturated carbocycles. The summed E-state index contributed by atoms with van der Waals surface area (Å²) in [4.78, 5) is 12.1. The quantitative estimate of drug-likeness (QED) is 0.524. The Labute approximate surface area is 115 Å². The first kappa shape index (κ1) is 15.2. The fourth-order valence-electron chi connectivity index (χ4n) is 1.79. The number of unbranched alkanes of at least 4 members (excludes halogenated alkanes) is 1. The second-order valence-corrected chi connectivity index (χ2v) is 4.56. The fourth-order valence-corrected chi connectivity index (χ4v) is 1.79. The van der Waals surface area contributed by atoms with Gasteiger partial charge in [0.25, 0.3) is 0 Å². The van der Waals surface area contributed by atoms with Crippen LogP contribution in [0.2, 0.25) is 0 Å². The first-order chi connectivity index (χ1) is 9.22. The van der Waals surface area contributed by atoms with Crippen molar-refractivity contribution in [3.63, 3.8) is 0 Å². The van der Waals surface area contributed by atoms with E-state index in [0.29, 0.717) is 18.6 Å². The van der Waals surface area contributed by atoms with Gasteiger partial charge in [0.2, 0.25) is 0 Å². The largest absolute Gasteiger partial charge is 0.494 e. The van der Waals surface area contributed by atoms with E-state index in [-0.39, 0.29) is 5.78 Å². The summed E-state index contributed by atoms with van der Waals surface area (Å²) in [6, 6.07) is 9.15. The molecule has 0 aromatic heterocycles. The zero-order chi connectivity index (χ0) is 14.1. The highest BCUT2D eigenvalue weighted by atomic mass is 16.5. The summed E-state index contributed by atoms with van der Waals surface area (Å²) in [5.41, 5.74) is 0.586. The van der Waals surface area contributed by atoms with Crippen LogP contribution in [0.4, 0.5) is 0 Å². The molecule has 1 aromatic carbocycles. The van der Waals surface area contributed by atoms with Crippen LogP contribution < -0.4 is 4.74 Å². The molecule has 0 N–H and O–H groups in total. The van der Waals surface area contributed by atoms with Crippen molar-refractivity contribution in [1.29, 1.82) is 5.26 Å². The lowest BCUT2D eigenvalue weighted by Gasteiger charge is -2.08. The summed E-state index contributed by atoms with van der Waals surface area (Å²) in [7, 11) is 0. The van der Waals surface area contributed by atoms with E-state index in [0.717, 1.165) is 25.0 Å². The van der Waals surface area contributed by atoms with Gasteiger partial charge in [0.1, 0.15) is 11.7 Å². The second-order valence-electron chi connectivity index (χ2n) is 4.56. The Balaban J connectivity index is 2.65. The molecule has 0 aliphatic heterocycles. The molecule has 3 nitrogen and oxygen atoms in total. The summed E-state index contributed by atoms with van der Waals surface area (Å²) in [5, 5.41) is 8.99. The van der Waals surface area contributed by atoms with Gasteiger partial charge >= 0.3 is 0 Å². The molecule has 0 saturated heterocycles. The third-order valence-corrected chi connectivity index (χ3v) is 2.96. The Hall–Kier alpha value is -1.82. The smallest absolute Gasteiger partial charge is 0.179 e. The highest BCUT2D eigenvalue weighted by Gasteiger charge is 2.18. The third-order valence-electron chi connectivity index (χ3n) is 2.96. The number of nitriles is 1. The summed E-state index contributed by atoms with van der Waals surface area (Å²) < 4.78 is 5.54. The highest BCUT2D eigenvalue weighted by molar-refractivity contribution is 5.99. The van der Waals surface area contributed by atoms with Gasteiger partial charge in [0, 0.05) is 5.56 Å². The lowest BCUT2D eigenvalue weighted by molar-refractivity contribution is 0.0943. The first-order valence-electron chi connectivity index (χ1n) is 6.89. The number of ketones is 1. The zero-order valence-electron chi connectivity index (χ0n) is 11.7. The van der Waals surface area contributed by atoms with Crippen molar-refractivity contribution in [2.24, 2.45) is 5.92 Å². The molecule has 0 fully saturated rings. The van der Waals surface area contributed by atoms with E-state index in [1.165, 1.54) is 0 Å². The van der Waals surface area contributed by atoms with Crippen LogP contribution in [0.3, 0.4) is 0 Å². The SMILES string of the molecule is CCCCOc1ccc(C(=O)C(C#N)CCC)cc1. The third kappa shape index (κ3) is 4.75. The Kier molecular flexibility index (Phi) is 6.67. The molecule has 1 unspecified atom stereocenters. The number of rotatable bonds is 8. The Morgan fingerprint density at radius 3 is 2.47 bits per heavy atom. The maximum atomic E-state index is 12.1. The number of carbonyl (C=O) groups excluding carboxylic acids is 1. The Morgan fingerprint density at radius 2 is 1.95 bits per heavy atom. The molecule has 19 heavy (non-hydrogen) atoms. The Bertz CT molecular complexity index is 431.